The van der Waals surface area contributed by atoms with Gasteiger partial charge >= 0.3 is 0 Å². The molecule has 4 nitrogen and oxygen atoms in total. The lowest BCUT2D eigenvalue weighted by atomic mass is 10.2. The number of amides is 1. The van der Waals surface area contributed by atoms with Crippen LogP contribution < -0.4 is 11.1 Å². The second-order valence-corrected chi connectivity index (χ2v) is 5.46. The maximum absolute atomic E-state index is 13.1. The number of benzene rings is 1. The van der Waals surface area contributed by atoms with Crippen molar-refractivity contribution in [1.82, 2.24) is 4.90 Å². The lowest BCUT2D eigenvalue weighted by molar-refractivity contribution is -0.113. The van der Waals surface area contributed by atoms with E-state index in [0.717, 1.165) is 25.4 Å². The molecule has 1 rings (SSSR count). The van der Waals surface area contributed by atoms with Crippen LogP contribution in [0.25, 0.3) is 0 Å². The monoisotopic (exact) mass is 299 g/mol. The van der Waals surface area contributed by atoms with Gasteiger partial charge in [0.05, 0.1) is 17.1 Å². The van der Waals surface area contributed by atoms with E-state index in [2.05, 4.69) is 24.1 Å². The third-order valence-corrected chi connectivity index (χ3v) is 3.91. The zero-order valence-electron chi connectivity index (χ0n) is 12.0. The molecule has 0 saturated carbocycles. The first-order valence-corrected chi connectivity index (χ1v) is 7.87. The number of nitrogens with zero attached hydrogens (tertiary/aromatic N) is 1. The lowest BCUT2D eigenvalue weighted by Crippen LogP contribution is -2.26. The molecule has 0 bridgehead atoms. The van der Waals surface area contributed by atoms with Gasteiger partial charge in [0.1, 0.15) is 5.82 Å². The van der Waals surface area contributed by atoms with Gasteiger partial charge in [-0.15, -0.1) is 0 Å². The van der Waals surface area contributed by atoms with E-state index in [-0.39, 0.29) is 5.91 Å². The third kappa shape index (κ3) is 5.79. The predicted octanol–water partition coefficient (Wildman–Crippen LogP) is 2.42. The molecule has 0 radical (unpaired) electrons. The van der Waals surface area contributed by atoms with E-state index >= 15 is 0 Å². The van der Waals surface area contributed by atoms with Crippen LogP contribution in [0.2, 0.25) is 0 Å². The Morgan fingerprint density at radius 3 is 2.75 bits per heavy atom. The molecule has 0 heterocycles. The van der Waals surface area contributed by atoms with Crippen LogP contribution in [-0.4, -0.2) is 41.9 Å². The van der Waals surface area contributed by atoms with Crippen molar-refractivity contribution in [2.45, 2.75) is 13.8 Å². The fourth-order valence-corrected chi connectivity index (χ4v) is 2.51. The highest BCUT2D eigenvalue weighted by molar-refractivity contribution is 7.99. The number of rotatable bonds is 8. The molecule has 0 aliphatic heterocycles. The van der Waals surface area contributed by atoms with Gasteiger partial charge in [-0.2, -0.15) is 11.8 Å². The van der Waals surface area contributed by atoms with Gasteiger partial charge in [0.15, 0.2) is 0 Å². The average molecular weight is 299 g/mol. The van der Waals surface area contributed by atoms with E-state index < -0.39 is 5.82 Å². The predicted molar refractivity (Wildman–Crippen MR) is 84.6 cm³/mol. The molecule has 0 spiro atoms. The van der Waals surface area contributed by atoms with Crippen molar-refractivity contribution in [3.63, 3.8) is 0 Å². The normalized spacial score (nSPS) is 10.8. The summed E-state index contributed by atoms with van der Waals surface area (Å²) in [6.07, 6.45) is 0. The molecular weight excluding hydrogens is 277 g/mol. The van der Waals surface area contributed by atoms with E-state index in [1.165, 1.54) is 18.2 Å². The lowest BCUT2D eigenvalue weighted by Gasteiger charge is -2.17. The molecule has 0 saturated heterocycles. The van der Waals surface area contributed by atoms with Gasteiger partial charge < -0.3 is 16.0 Å². The summed E-state index contributed by atoms with van der Waals surface area (Å²) in [5, 5.41) is 2.63. The minimum atomic E-state index is -0.413. The van der Waals surface area contributed by atoms with Gasteiger partial charge in [0.25, 0.3) is 0 Å². The number of hydrogen-bond donors (Lipinski definition) is 2. The fourth-order valence-electron chi connectivity index (χ4n) is 1.72. The number of halogens is 1. The Labute approximate surface area is 123 Å². The summed E-state index contributed by atoms with van der Waals surface area (Å²) in [6.45, 7) is 7.24. The molecule has 6 heteroatoms. The third-order valence-electron chi connectivity index (χ3n) is 2.97. The number of carbonyl (C=O) groups is 1. The molecule has 0 aromatic heterocycles. The minimum absolute atomic E-state index is 0.160. The second-order valence-electron chi connectivity index (χ2n) is 4.36. The Morgan fingerprint density at radius 1 is 1.40 bits per heavy atom. The van der Waals surface area contributed by atoms with Crippen molar-refractivity contribution < 1.29 is 9.18 Å². The molecule has 0 aliphatic carbocycles. The molecule has 20 heavy (non-hydrogen) atoms. The standard InChI is InChI=1S/C14H22FN3OS/c1-3-18(4-2)7-8-20-10-14(19)17-13-9-11(15)5-6-12(13)16/h5-6,9H,3-4,7-8,10,16H2,1-2H3,(H,17,19). The summed E-state index contributed by atoms with van der Waals surface area (Å²) < 4.78 is 13.1. The Balaban J connectivity index is 2.32. The number of hydrogen-bond acceptors (Lipinski definition) is 4. The van der Waals surface area contributed by atoms with Crippen LogP contribution in [0, 0.1) is 5.82 Å². The maximum Gasteiger partial charge on any atom is 0.234 e. The van der Waals surface area contributed by atoms with Crippen molar-refractivity contribution in [3.05, 3.63) is 24.0 Å². The first-order valence-electron chi connectivity index (χ1n) is 6.71. The number of nitrogens with two attached hydrogens (primary N) is 1. The summed E-state index contributed by atoms with van der Waals surface area (Å²) in [6, 6.07) is 3.94. The van der Waals surface area contributed by atoms with Crippen molar-refractivity contribution in [3.8, 4) is 0 Å². The van der Waals surface area contributed by atoms with Crippen molar-refractivity contribution in [1.29, 1.82) is 0 Å². The molecule has 0 fully saturated rings. The quantitative estimate of drug-likeness (QED) is 0.572. The molecule has 3 N–H and O–H groups in total. The fraction of sp³-hybridized carbons (Fsp3) is 0.500. The largest absolute Gasteiger partial charge is 0.397 e. The molecule has 0 atom stereocenters. The van der Waals surface area contributed by atoms with Crippen LogP contribution in [0.15, 0.2) is 18.2 Å². The van der Waals surface area contributed by atoms with Gasteiger partial charge in [-0.25, -0.2) is 4.39 Å². The SMILES string of the molecule is CCN(CC)CCSCC(=O)Nc1cc(F)ccc1N. The molecule has 1 aromatic carbocycles. The highest BCUT2D eigenvalue weighted by Crippen LogP contribution is 2.19. The van der Waals surface area contributed by atoms with Crippen LogP contribution in [0.5, 0.6) is 0 Å². The van der Waals surface area contributed by atoms with Crippen LogP contribution in [0.4, 0.5) is 15.8 Å². The maximum atomic E-state index is 13.1. The first kappa shape index (κ1) is 16.8. The molecular formula is C14H22FN3OS. The Kier molecular flexibility index (Phi) is 7.40. The Morgan fingerprint density at radius 2 is 2.10 bits per heavy atom. The van der Waals surface area contributed by atoms with Crippen LogP contribution in [0.3, 0.4) is 0 Å². The average Bonchev–Trinajstić information content (AvgIpc) is 2.43. The summed E-state index contributed by atoms with van der Waals surface area (Å²) in [7, 11) is 0. The van der Waals surface area contributed by atoms with Crippen molar-refractivity contribution in [2.75, 3.05) is 42.2 Å². The number of nitrogens with one attached hydrogen (secondary N) is 1. The number of thioether (sulfide) groups is 1. The zero-order valence-corrected chi connectivity index (χ0v) is 12.8. The van der Waals surface area contributed by atoms with Gasteiger partial charge in [-0.1, -0.05) is 13.8 Å². The summed E-state index contributed by atoms with van der Waals surface area (Å²) >= 11 is 1.56. The molecule has 0 aliphatic rings. The van der Waals surface area contributed by atoms with Gasteiger partial charge in [0, 0.05) is 12.3 Å². The smallest absolute Gasteiger partial charge is 0.234 e. The summed E-state index contributed by atoms with van der Waals surface area (Å²) in [5.74, 6) is 0.667. The van der Waals surface area contributed by atoms with E-state index in [9.17, 15) is 9.18 Å². The van der Waals surface area contributed by atoms with Crippen LogP contribution >= 0.6 is 11.8 Å². The zero-order chi connectivity index (χ0) is 15.0. The minimum Gasteiger partial charge on any atom is -0.397 e. The Bertz CT molecular complexity index is 438. The van der Waals surface area contributed by atoms with Gasteiger partial charge in [0.2, 0.25) is 5.91 Å². The Hall–Kier alpha value is -1.27. The summed E-state index contributed by atoms with van der Waals surface area (Å²) in [5.41, 5.74) is 6.37. The van der Waals surface area contributed by atoms with Gasteiger partial charge in [-0.05, 0) is 31.3 Å². The van der Waals surface area contributed by atoms with Crippen molar-refractivity contribution in [2.24, 2.45) is 0 Å². The summed E-state index contributed by atoms with van der Waals surface area (Å²) in [4.78, 5) is 14.0. The second kappa shape index (κ2) is 8.81. The van der Waals surface area contributed by atoms with E-state index in [1.54, 1.807) is 11.8 Å². The van der Waals surface area contributed by atoms with E-state index in [0.29, 0.717) is 17.1 Å². The number of carbonyl (C=O) groups excluding carboxylic acids is 1. The topological polar surface area (TPSA) is 58.4 Å². The first-order chi connectivity index (χ1) is 9.56. The van der Waals surface area contributed by atoms with Gasteiger partial charge in [-0.3, -0.25) is 4.79 Å². The van der Waals surface area contributed by atoms with Crippen molar-refractivity contribution >= 4 is 29.0 Å². The molecule has 1 aromatic rings. The van der Waals surface area contributed by atoms with E-state index in [4.69, 9.17) is 5.73 Å². The molecule has 112 valence electrons. The highest BCUT2D eigenvalue weighted by Gasteiger charge is 2.07. The van der Waals surface area contributed by atoms with E-state index in [1.807, 2.05) is 0 Å². The highest BCUT2D eigenvalue weighted by atomic mass is 32.2. The molecule has 0 unspecified atom stereocenters. The van der Waals surface area contributed by atoms with Crippen LogP contribution in [0.1, 0.15) is 13.8 Å². The molecule has 1 amide bonds. The number of anilines is 2. The number of nitrogen functional groups attached to an aromatic ring is 1. The van der Waals surface area contributed by atoms with Crippen LogP contribution in [-0.2, 0) is 4.79 Å².